The van der Waals surface area contributed by atoms with E-state index in [1.54, 1.807) is 0 Å². The number of amides is 1. The molecular formula is C21H32N2O. The Morgan fingerprint density at radius 2 is 1.62 bits per heavy atom. The molecule has 1 amide bonds. The summed E-state index contributed by atoms with van der Waals surface area (Å²) in [6.45, 7) is 14.0. The van der Waals surface area contributed by atoms with E-state index in [-0.39, 0.29) is 22.8 Å². The molecule has 1 aromatic rings. The molecule has 1 atom stereocenters. The number of likely N-dealkylation sites (N-methyl/N-ethyl adjacent to an activating group) is 1. The molecule has 0 saturated heterocycles. The highest BCUT2D eigenvalue weighted by Gasteiger charge is 2.36. The molecule has 0 bridgehead atoms. The smallest absolute Gasteiger partial charge is 0.241 e. The third kappa shape index (κ3) is 4.27. The first kappa shape index (κ1) is 18.7. The lowest BCUT2D eigenvalue weighted by Gasteiger charge is -2.33. The van der Waals surface area contributed by atoms with Crippen LogP contribution in [-0.4, -0.2) is 30.4 Å². The van der Waals surface area contributed by atoms with Gasteiger partial charge < -0.3 is 5.32 Å². The molecule has 0 radical (unpaired) electrons. The molecule has 0 fully saturated rings. The number of benzene rings is 1. The Hall–Kier alpha value is -1.61. The molecule has 0 aromatic heterocycles. The van der Waals surface area contributed by atoms with Crippen LogP contribution in [0.5, 0.6) is 0 Å². The summed E-state index contributed by atoms with van der Waals surface area (Å²) in [7, 11) is 2.06. The van der Waals surface area contributed by atoms with Crippen LogP contribution >= 0.6 is 0 Å². The summed E-state index contributed by atoms with van der Waals surface area (Å²) >= 11 is 0. The molecule has 3 nitrogen and oxygen atoms in total. The summed E-state index contributed by atoms with van der Waals surface area (Å²) in [6.07, 6.45) is 0.734. The van der Waals surface area contributed by atoms with E-state index >= 15 is 0 Å². The van der Waals surface area contributed by atoms with E-state index in [4.69, 9.17) is 0 Å². The van der Waals surface area contributed by atoms with Crippen molar-refractivity contribution in [1.29, 1.82) is 0 Å². The summed E-state index contributed by atoms with van der Waals surface area (Å²) in [6, 6.07) is 10.1. The molecule has 0 saturated carbocycles. The Morgan fingerprint density at radius 3 is 2.12 bits per heavy atom. The largest absolute Gasteiger partial charge is 0.328 e. The van der Waals surface area contributed by atoms with Gasteiger partial charge in [-0.1, -0.05) is 71.9 Å². The van der Waals surface area contributed by atoms with E-state index in [1.165, 1.54) is 11.1 Å². The second-order valence-electron chi connectivity index (χ2n) is 8.96. The minimum absolute atomic E-state index is 0.0196. The first-order valence-corrected chi connectivity index (χ1v) is 8.79. The molecule has 24 heavy (non-hydrogen) atoms. The summed E-state index contributed by atoms with van der Waals surface area (Å²) in [4.78, 5) is 15.2. The molecule has 1 heterocycles. The first-order valence-electron chi connectivity index (χ1n) is 8.79. The minimum Gasteiger partial charge on any atom is -0.328 e. The van der Waals surface area contributed by atoms with Gasteiger partial charge in [-0.2, -0.15) is 0 Å². The number of nitrogens with one attached hydrogen (secondary N) is 1. The highest BCUT2D eigenvalue weighted by atomic mass is 16.2. The maximum absolute atomic E-state index is 13.0. The molecule has 0 aliphatic carbocycles. The fourth-order valence-corrected chi connectivity index (χ4v) is 3.26. The number of nitrogens with zero attached hydrogens (tertiary/aromatic N) is 1. The van der Waals surface area contributed by atoms with Crippen LogP contribution in [0.3, 0.4) is 0 Å². The second-order valence-corrected chi connectivity index (χ2v) is 8.96. The minimum atomic E-state index is -0.149. The maximum Gasteiger partial charge on any atom is 0.241 e. The molecule has 2 rings (SSSR count). The van der Waals surface area contributed by atoms with E-state index < -0.39 is 0 Å². The lowest BCUT2D eigenvalue weighted by molar-refractivity contribution is -0.125. The van der Waals surface area contributed by atoms with Crippen LogP contribution in [0.15, 0.2) is 41.6 Å². The van der Waals surface area contributed by atoms with E-state index in [0.29, 0.717) is 0 Å². The van der Waals surface area contributed by atoms with Crippen LogP contribution in [0.4, 0.5) is 0 Å². The zero-order valence-corrected chi connectivity index (χ0v) is 16.2. The van der Waals surface area contributed by atoms with E-state index in [2.05, 4.69) is 70.9 Å². The van der Waals surface area contributed by atoms with Gasteiger partial charge in [0.2, 0.25) is 5.91 Å². The molecule has 132 valence electrons. The molecule has 1 aromatic carbocycles. The summed E-state index contributed by atoms with van der Waals surface area (Å²) in [5, 5.41) is 3.28. The number of rotatable bonds is 2. The van der Waals surface area contributed by atoms with Crippen molar-refractivity contribution in [2.24, 2.45) is 10.8 Å². The number of allylic oxidation sites excluding steroid dienone is 1. The molecular weight excluding hydrogens is 296 g/mol. The topological polar surface area (TPSA) is 32.3 Å². The van der Waals surface area contributed by atoms with Gasteiger partial charge in [0.25, 0.3) is 0 Å². The van der Waals surface area contributed by atoms with E-state index in [0.717, 1.165) is 18.7 Å². The zero-order valence-electron chi connectivity index (χ0n) is 16.2. The quantitative estimate of drug-likeness (QED) is 0.890. The van der Waals surface area contributed by atoms with Crippen LogP contribution in [0.25, 0.3) is 0 Å². The number of hydrogen-bond donors (Lipinski definition) is 1. The zero-order chi connectivity index (χ0) is 18.1. The van der Waals surface area contributed by atoms with Gasteiger partial charge in [-0.05, 0) is 30.0 Å². The fourth-order valence-electron chi connectivity index (χ4n) is 3.26. The third-order valence-electron chi connectivity index (χ3n) is 4.72. The second kappa shape index (κ2) is 6.72. The lowest BCUT2D eigenvalue weighted by atomic mass is 9.78. The number of carbonyl (C=O) groups excluding carboxylic acids is 1. The Kier molecular flexibility index (Phi) is 5.24. The van der Waals surface area contributed by atoms with Crippen molar-refractivity contribution in [3.05, 3.63) is 47.2 Å². The standard InChI is InChI=1S/C21H32N2O/c1-20(2,3)16-14-23(7)17(13-15-11-9-8-10-12-15)19(24)22-18(16)21(4,5)6/h8-12,17H,13-14H2,1-7H3,(H,22,24)/t17-/m1/s1. The van der Waals surface area contributed by atoms with Crippen molar-refractivity contribution < 1.29 is 4.79 Å². The van der Waals surface area contributed by atoms with Crippen LogP contribution in [-0.2, 0) is 11.2 Å². The highest BCUT2D eigenvalue weighted by molar-refractivity contribution is 5.84. The Labute approximate surface area is 147 Å². The van der Waals surface area contributed by atoms with Crippen molar-refractivity contribution >= 4 is 5.91 Å². The summed E-state index contributed by atoms with van der Waals surface area (Å²) in [5.74, 6) is 0.102. The molecule has 1 aliphatic heterocycles. The van der Waals surface area contributed by atoms with Crippen molar-refractivity contribution in [3.8, 4) is 0 Å². The average Bonchev–Trinajstić information content (AvgIpc) is 2.58. The van der Waals surface area contributed by atoms with Crippen molar-refractivity contribution in [3.63, 3.8) is 0 Å². The van der Waals surface area contributed by atoms with Crippen molar-refractivity contribution in [2.75, 3.05) is 13.6 Å². The molecule has 0 spiro atoms. The predicted molar refractivity (Wildman–Crippen MR) is 101 cm³/mol. The van der Waals surface area contributed by atoms with E-state index in [9.17, 15) is 4.79 Å². The summed E-state index contributed by atoms with van der Waals surface area (Å²) in [5.41, 5.74) is 3.54. The van der Waals surface area contributed by atoms with Crippen LogP contribution in [0, 0.1) is 10.8 Å². The van der Waals surface area contributed by atoms with Gasteiger partial charge >= 0.3 is 0 Å². The van der Waals surface area contributed by atoms with Gasteiger partial charge in [0.05, 0.1) is 6.04 Å². The first-order chi connectivity index (χ1) is 11.0. The third-order valence-corrected chi connectivity index (χ3v) is 4.72. The maximum atomic E-state index is 13.0. The predicted octanol–water partition coefficient (Wildman–Crippen LogP) is 4.01. The average molecular weight is 328 g/mol. The van der Waals surface area contributed by atoms with Gasteiger partial charge in [-0.15, -0.1) is 0 Å². The number of hydrogen-bond acceptors (Lipinski definition) is 2. The molecule has 0 unspecified atom stereocenters. The number of carbonyl (C=O) groups is 1. The van der Waals surface area contributed by atoms with Crippen LogP contribution < -0.4 is 5.32 Å². The van der Waals surface area contributed by atoms with Crippen LogP contribution in [0.2, 0.25) is 0 Å². The molecule has 3 heteroatoms. The normalized spacial score (nSPS) is 20.8. The summed E-state index contributed by atoms with van der Waals surface area (Å²) < 4.78 is 0. The van der Waals surface area contributed by atoms with Gasteiger partial charge in [0.15, 0.2) is 0 Å². The van der Waals surface area contributed by atoms with Gasteiger partial charge in [0, 0.05) is 17.7 Å². The SMILES string of the molecule is CN1CC(C(C)(C)C)=C(C(C)(C)C)NC(=O)[C@H]1Cc1ccccc1. The molecule has 1 aliphatic rings. The highest BCUT2D eigenvalue weighted by Crippen LogP contribution is 2.37. The lowest BCUT2D eigenvalue weighted by Crippen LogP contribution is -2.45. The fraction of sp³-hybridized carbons (Fsp3) is 0.571. The van der Waals surface area contributed by atoms with E-state index in [1.807, 2.05) is 18.2 Å². The van der Waals surface area contributed by atoms with Gasteiger partial charge in [-0.3, -0.25) is 9.69 Å². The van der Waals surface area contributed by atoms with Gasteiger partial charge in [-0.25, -0.2) is 0 Å². The van der Waals surface area contributed by atoms with Crippen molar-refractivity contribution in [1.82, 2.24) is 10.2 Å². The Bertz CT molecular complexity index is 617. The van der Waals surface area contributed by atoms with Crippen molar-refractivity contribution in [2.45, 2.75) is 54.0 Å². The van der Waals surface area contributed by atoms with Gasteiger partial charge in [0.1, 0.15) is 0 Å². The Balaban J connectivity index is 2.37. The Morgan fingerprint density at radius 1 is 1.04 bits per heavy atom. The molecule has 1 N–H and O–H groups in total. The van der Waals surface area contributed by atoms with Crippen LogP contribution in [0.1, 0.15) is 47.1 Å². The monoisotopic (exact) mass is 328 g/mol.